The number of pyridine rings is 1. The Labute approximate surface area is 204 Å². The van der Waals surface area contributed by atoms with Gasteiger partial charge < -0.3 is 10.6 Å². The summed E-state index contributed by atoms with van der Waals surface area (Å²) >= 11 is 6.28. The lowest BCUT2D eigenvalue weighted by atomic mass is 9.92. The van der Waals surface area contributed by atoms with Gasteiger partial charge >= 0.3 is 6.18 Å². The van der Waals surface area contributed by atoms with Crippen molar-refractivity contribution in [3.63, 3.8) is 0 Å². The number of nitrogens with zero attached hydrogens (tertiary/aromatic N) is 1. The minimum Gasteiger partial charge on any atom is -0.341 e. The maximum atomic E-state index is 14.1. The van der Waals surface area contributed by atoms with Gasteiger partial charge in [0.2, 0.25) is 0 Å². The monoisotopic (exact) mass is 517 g/mol. The maximum absolute atomic E-state index is 14.1. The van der Waals surface area contributed by atoms with Gasteiger partial charge in [-0.05, 0) is 53.9 Å². The van der Waals surface area contributed by atoms with Gasteiger partial charge in [-0.3, -0.25) is 14.6 Å². The fraction of sp³-hybridized carbons (Fsp3) is 0.0800. The number of amides is 2. The molecule has 0 spiro atoms. The number of hydrogen-bond donors (Lipinski definition) is 2. The molecule has 0 aliphatic carbocycles. The fourth-order valence-corrected chi connectivity index (χ4v) is 4.46. The molecule has 182 valence electrons. The Morgan fingerprint density at radius 2 is 1.81 bits per heavy atom. The molecule has 3 aromatic carbocycles. The second-order valence-corrected chi connectivity index (χ2v) is 8.47. The van der Waals surface area contributed by atoms with Crippen LogP contribution in [0.5, 0.6) is 0 Å². The van der Waals surface area contributed by atoms with Gasteiger partial charge in [-0.1, -0.05) is 11.6 Å². The van der Waals surface area contributed by atoms with Crippen molar-refractivity contribution in [2.45, 2.75) is 12.2 Å². The summed E-state index contributed by atoms with van der Waals surface area (Å²) in [6, 6.07) is 7.12. The Hall–Kier alpha value is -4.05. The molecule has 36 heavy (non-hydrogen) atoms. The zero-order valence-corrected chi connectivity index (χ0v) is 18.6. The largest absolute Gasteiger partial charge is 0.416 e. The molecule has 5 rings (SSSR count). The number of hydrogen-bond acceptors (Lipinski definition) is 3. The molecule has 2 N–H and O–H groups in total. The van der Waals surface area contributed by atoms with E-state index in [0.29, 0.717) is 22.9 Å². The van der Waals surface area contributed by atoms with E-state index in [-0.39, 0.29) is 33.5 Å². The number of aromatic nitrogens is 1. The molecule has 1 aliphatic heterocycles. The van der Waals surface area contributed by atoms with Crippen LogP contribution in [0.25, 0.3) is 10.8 Å². The molecule has 1 unspecified atom stereocenters. The Balaban J connectivity index is 1.67. The Morgan fingerprint density at radius 1 is 1.03 bits per heavy atom. The van der Waals surface area contributed by atoms with Gasteiger partial charge in [0.25, 0.3) is 11.8 Å². The predicted octanol–water partition coefficient (Wildman–Crippen LogP) is 6.27. The highest BCUT2D eigenvalue weighted by atomic mass is 35.5. The molecule has 11 heteroatoms. The third-order valence-electron chi connectivity index (χ3n) is 5.78. The van der Waals surface area contributed by atoms with Crippen LogP contribution in [0.4, 0.5) is 27.6 Å². The lowest BCUT2D eigenvalue weighted by Gasteiger charge is -2.19. The second kappa shape index (κ2) is 8.56. The minimum absolute atomic E-state index is 0.0389. The first-order chi connectivity index (χ1) is 17.0. The number of alkyl halides is 3. The molecule has 2 amide bonds. The van der Waals surface area contributed by atoms with Crippen LogP contribution in [0.1, 0.15) is 43.4 Å². The molecular formula is C25H13ClF5N3O2. The van der Waals surface area contributed by atoms with E-state index in [1.165, 1.54) is 24.5 Å². The van der Waals surface area contributed by atoms with Gasteiger partial charge in [-0.25, -0.2) is 8.78 Å². The van der Waals surface area contributed by atoms with Crippen LogP contribution in [0.3, 0.4) is 0 Å². The smallest absolute Gasteiger partial charge is 0.341 e. The van der Waals surface area contributed by atoms with E-state index < -0.39 is 46.8 Å². The zero-order chi connectivity index (χ0) is 25.8. The summed E-state index contributed by atoms with van der Waals surface area (Å²) in [5, 5.41) is 6.27. The molecule has 0 radical (unpaired) electrons. The number of benzene rings is 3. The summed E-state index contributed by atoms with van der Waals surface area (Å²) in [6.45, 7) is 0. The molecule has 2 heterocycles. The van der Waals surface area contributed by atoms with E-state index in [1.807, 2.05) is 0 Å². The van der Waals surface area contributed by atoms with Crippen LogP contribution in [0, 0.1) is 11.6 Å². The highest BCUT2D eigenvalue weighted by Crippen LogP contribution is 2.42. The lowest BCUT2D eigenvalue weighted by Crippen LogP contribution is -2.21. The molecule has 1 atom stereocenters. The summed E-state index contributed by atoms with van der Waals surface area (Å²) in [5.74, 6) is -3.45. The number of carbonyl (C=O) groups is 2. The van der Waals surface area contributed by atoms with Crippen LogP contribution in [-0.4, -0.2) is 16.8 Å². The van der Waals surface area contributed by atoms with Gasteiger partial charge in [0.05, 0.1) is 17.2 Å². The third-order valence-corrected chi connectivity index (χ3v) is 6.12. The van der Waals surface area contributed by atoms with Crippen LogP contribution < -0.4 is 10.6 Å². The molecule has 0 fully saturated rings. The van der Waals surface area contributed by atoms with Crippen molar-refractivity contribution >= 4 is 39.9 Å². The SMILES string of the molecule is O=C(Nc1cc2cnccc2c2c1C(c1cc(F)ccc1Cl)NC2=O)c1cc(F)cc(C(F)(F)F)c1. The summed E-state index contributed by atoms with van der Waals surface area (Å²) in [6.07, 6.45) is -1.98. The van der Waals surface area contributed by atoms with E-state index in [0.717, 1.165) is 12.1 Å². The molecule has 0 saturated heterocycles. The first-order valence-electron chi connectivity index (χ1n) is 10.4. The van der Waals surface area contributed by atoms with Crippen molar-refractivity contribution in [1.82, 2.24) is 10.3 Å². The number of anilines is 1. The molecule has 1 aliphatic rings. The van der Waals surface area contributed by atoms with Crippen molar-refractivity contribution in [1.29, 1.82) is 0 Å². The van der Waals surface area contributed by atoms with Gasteiger partial charge in [0.1, 0.15) is 11.6 Å². The number of nitrogens with one attached hydrogen (secondary N) is 2. The number of fused-ring (bicyclic) bond motifs is 3. The average molecular weight is 518 g/mol. The second-order valence-electron chi connectivity index (χ2n) is 8.06. The number of carbonyl (C=O) groups excluding carboxylic acids is 2. The van der Waals surface area contributed by atoms with E-state index in [4.69, 9.17) is 11.6 Å². The van der Waals surface area contributed by atoms with Crippen molar-refractivity contribution in [3.05, 3.63) is 105 Å². The van der Waals surface area contributed by atoms with Gasteiger partial charge in [0, 0.05) is 45.2 Å². The average Bonchev–Trinajstić information content (AvgIpc) is 3.17. The van der Waals surface area contributed by atoms with Crippen molar-refractivity contribution in [2.24, 2.45) is 0 Å². The van der Waals surface area contributed by atoms with E-state index in [9.17, 15) is 31.5 Å². The molecule has 1 aromatic heterocycles. The minimum atomic E-state index is -4.87. The van der Waals surface area contributed by atoms with Crippen LogP contribution >= 0.6 is 11.6 Å². The van der Waals surface area contributed by atoms with Crippen molar-refractivity contribution in [2.75, 3.05) is 5.32 Å². The predicted molar refractivity (Wildman–Crippen MR) is 122 cm³/mol. The first-order valence-corrected chi connectivity index (χ1v) is 10.8. The highest BCUT2D eigenvalue weighted by molar-refractivity contribution is 6.31. The van der Waals surface area contributed by atoms with E-state index >= 15 is 0 Å². The van der Waals surface area contributed by atoms with E-state index in [1.54, 1.807) is 6.07 Å². The van der Waals surface area contributed by atoms with E-state index in [2.05, 4.69) is 15.6 Å². The molecule has 0 saturated carbocycles. The van der Waals surface area contributed by atoms with Crippen LogP contribution in [-0.2, 0) is 6.18 Å². The fourth-order valence-electron chi connectivity index (χ4n) is 4.23. The summed E-state index contributed by atoms with van der Waals surface area (Å²) < 4.78 is 67.4. The summed E-state index contributed by atoms with van der Waals surface area (Å²) in [5.41, 5.74) is -1.28. The lowest BCUT2D eigenvalue weighted by molar-refractivity contribution is -0.137. The van der Waals surface area contributed by atoms with Crippen molar-refractivity contribution < 1.29 is 31.5 Å². The number of halogens is 6. The maximum Gasteiger partial charge on any atom is 0.416 e. The molecule has 0 bridgehead atoms. The van der Waals surface area contributed by atoms with Crippen LogP contribution in [0.15, 0.2) is 60.9 Å². The Bertz CT molecular complexity index is 1570. The Morgan fingerprint density at radius 3 is 2.56 bits per heavy atom. The quantitative estimate of drug-likeness (QED) is 0.315. The Kier molecular flexibility index (Phi) is 5.63. The molecular weight excluding hydrogens is 505 g/mol. The zero-order valence-electron chi connectivity index (χ0n) is 17.9. The topological polar surface area (TPSA) is 71.1 Å². The van der Waals surface area contributed by atoms with Gasteiger partial charge in [-0.2, -0.15) is 13.2 Å². The van der Waals surface area contributed by atoms with Crippen LogP contribution in [0.2, 0.25) is 5.02 Å². The van der Waals surface area contributed by atoms with Gasteiger partial charge in [0.15, 0.2) is 0 Å². The normalized spacial score (nSPS) is 15.1. The standard InChI is InChI=1S/C25H13ClF5N3O2/c26-18-2-1-14(27)9-17(18)22-21-19(7-12-10-32-4-3-16(12)20(21)24(36)34-22)33-23(35)11-5-13(25(29,30)31)8-15(28)6-11/h1-10,22H,(H,33,35)(H,34,36). The molecule has 4 aromatic rings. The third kappa shape index (κ3) is 4.13. The number of rotatable bonds is 3. The van der Waals surface area contributed by atoms with Crippen molar-refractivity contribution in [3.8, 4) is 0 Å². The summed E-state index contributed by atoms with van der Waals surface area (Å²) in [7, 11) is 0. The highest BCUT2D eigenvalue weighted by Gasteiger charge is 2.36. The first kappa shape index (κ1) is 23.7. The molecule has 5 nitrogen and oxygen atoms in total. The summed E-state index contributed by atoms with van der Waals surface area (Å²) in [4.78, 5) is 30.0. The van der Waals surface area contributed by atoms with Gasteiger partial charge in [-0.15, -0.1) is 0 Å².